The Kier molecular flexibility index (Phi) is 2.93. The van der Waals surface area contributed by atoms with Crippen LogP contribution in [0.1, 0.15) is 18.7 Å². The van der Waals surface area contributed by atoms with E-state index >= 15 is 0 Å². The van der Waals surface area contributed by atoms with E-state index in [2.05, 4.69) is 16.8 Å². The first-order valence-electron chi connectivity index (χ1n) is 5.06. The van der Waals surface area contributed by atoms with E-state index in [-0.39, 0.29) is 11.7 Å². The number of rotatable bonds is 1. The number of thiazole rings is 1. The third-order valence-corrected chi connectivity index (χ3v) is 5.86. The Labute approximate surface area is 109 Å². The Hall–Kier alpha value is -1.43. The molecule has 6 nitrogen and oxygen atoms in total. The molecule has 1 aliphatic heterocycles. The average molecular weight is 285 g/mol. The van der Waals surface area contributed by atoms with Gasteiger partial charge in [-0.15, -0.1) is 0 Å². The van der Waals surface area contributed by atoms with Crippen molar-refractivity contribution in [2.24, 2.45) is 5.73 Å². The van der Waals surface area contributed by atoms with Crippen LogP contribution in [0.3, 0.4) is 0 Å². The van der Waals surface area contributed by atoms with Gasteiger partial charge in [0.25, 0.3) is 15.9 Å². The summed E-state index contributed by atoms with van der Waals surface area (Å²) in [4.78, 5) is 16.3. The maximum Gasteiger partial charge on any atom is 0.265 e. The lowest BCUT2D eigenvalue weighted by molar-refractivity contribution is -0.120. The van der Waals surface area contributed by atoms with Gasteiger partial charge in [0.1, 0.15) is 0 Å². The summed E-state index contributed by atoms with van der Waals surface area (Å²) in [5.41, 5.74) is 5.23. The molecule has 0 spiro atoms. The Bertz CT molecular complexity index is 664. The number of carbonyl (C=O) groups is 1. The molecule has 1 aromatic heterocycles. The van der Waals surface area contributed by atoms with Crippen LogP contribution in [0.2, 0.25) is 0 Å². The molecule has 1 amide bonds. The highest BCUT2D eigenvalue weighted by Gasteiger charge is 2.61. The maximum atomic E-state index is 11.9. The second kappa shape index (κ2) is 4.05. The van der Waals surface area contributed by atoms with Crippen molar-refractivity contribution in [3.05, 3.63) is 11.1 Å². The van der Waals surface area contributed by atoms with E-state index in [0.29, 0.717) is 4.88 Å². The second-order valence-electron chi connectivity index (χ2n) is 4.10. The minimum atomic E-state index is -3.65. The molecule has 2 rings (SSSR count). The van der Waals surface area contributed by atoms with Crippen molar-refractivity contribution in [1.82, 2.24) is 4.98 Å². The van der Waals surface area contributed by atoms with Crippen molar-refractivity contribution in [2.45, 2.75) is 18.6 Å². The molecule has 0 atom stereocenters. The van der Waals surface area contributed by atoms with Crippen molar-refractivity contribution < 1.29 is 13.2 Å². The summed E-state index contributed by atoms with van der Waals surface area (Å²) in [6.45, 7) is 2.97. The number of sulfonamides is 1. The Balaban J connectivity index is 2.35. The van der Waals surface area contributed by atoms with Crippen LogP contribution in [0.5, 0.6) is 0 Å². The highest BCUT2D eigenvalue weighted by Crippen LogP contribution is 2.40. The summed E-state index contributed by atoms with van der Waals surface area (Å²) >= 11 is 1.05. The molecule has 0 saturated carbocycles. The van der Waals surface area contributed by atoms with Crippen molar-refractivity contribution in [3.8, 4) is 11.8 Å². The molecule has 2 N–H and O–H groups in total. The number of hydrogen-bond donors (Lipinski definition) is 1. The maximum absolute atomic E-state index is 11.9. The highest BCUT2D eigenvalue weighted by molar-refractivity contribution is 7.98. The standard InChI is InChI=1S/C10H11N3O3S2/c1-10(2)8(14)13(18(10,15)16)9-12-6-7(17-9)4-3-5-11/h6H,5,11H2,1-2H3. The molecule has 1 saturated heterocycles. The quantitative estimate of drug-likeness (QED) is 0.728. The summed E-state index contributed by atoms with van der Waals surface area (Å²) in [7, 11) is -3.65. The number of nitrogens with two attached hydrogens (primary N) is 1. The van der Waals surface area contributed by atoms with Gasteiger partial charge in [0.15, 0.2) is 4.75 Å². The van der Waals surface area contributed by atoms with Crippen molar-refractivity contribution >= 4 is 32.4 Å². The molecular formula is C10H11N3O3S2. The van der Waals surface area contributed by atoms with E-state index < -0.39 is 20.7 Å². The number of carbonyl (C=O) groups excluding carboxylic acids is 1. The van der Waals surface area contributed by atoms with Gasteiger partial charge in [-0.05, 0) is 13.8 Å². The van der Waals surface area contributed by atoms with Crippen LogP contribution in [0.25, 0.3) is 0 Å². The van der Waals surface area contributed by atoms with Gasteiger partial charge in [0.2, 0.25) is 5.13 Å². The van der Waals surface area contributed by atoms with Gasteiger partial charge >= 0.3 is 0 Å². The van der Waals surface area contributed by atoms with Gasteiger partial charge in [-0.25, -0.2) is 13.4 Å². The van der Waals surface area contributed by atoms with Crippen molar-refractivity contribution in [2.75, 3.05) is 10.8 Å². The molecular weight excluding hydrogens is 274 g/mol. The summed E-state index contributed by atoms with van der Waals surface area (Å²) in [6.07, 6.45) is 1.43. The summed E-state index contributed by atoms with van der Waals surface area (Å²) < 4.78 is 23.2. The monoisotopic (exact) mass is 285 g/mol. The number of nitrogens with zero attached hydrogens (tertiary/aromatic N) is 2. The zero-order valence-electron chi connectivity index (χ0n) is 9.80. The van der Waals surface area contributed by atoms with Crippen LogP contribution in [0.15, 0.2) is 6.20 Å². The van der Waals surface area contributed by atoms with E-state index in [1.165, 1.54) is 20.0 Å². The zero-order valence-corrected chi connectivity index (χ0v) is 11.4. The summed E-state index contributed by atoms with van der Waals surface area (Å²) in [5.74, 6) is 4.90. The largest absolute Gasteiger partial charge is 0.320 e. The smallest absolute Gasteiger partial charge is 0.265 e. The second-order valence-corrected chi connectivity index (χ2v) is 7.44. The number of anilines is 1. The molecule has 8 heteroatoms. The third-order valence-electron chi connectivity index (χ3n) is 2.57. The number of amides is 1. The average Bonchev–Trinajstić information content (AvgIpc) is 2.74. The SMILES string of the molecule is CC1(C)C(=O)N(c2ncc(C#CCN)s2)S1(=O)=O. The normalized spacial score (nSPS) is 19.9. The van der Waals surface area contributed by atoms with Gasteiger partial charge in [-0.3, -0.25) is 4.79 Å². The molecule has 18 heavy (non-hydrogen) atoms. The summed E-state index contributed by atoms with van der Waals surface area (Å²) in [5, 5.41) is 0.126. The van der Waals surface area contributed by atoms with E-state index in [9.17, 15) is 13.2 Å². The molecule has 1 aromatic rings. The lowest BCUT2D eigenvalue weighted by atomic mass is 10.2. The topological polar surface area (TPSA) is 93.4 Å². The Morgan fingerprint density at radius 2 is 2.22 bits per heavy atom. The first-order valence-corrected chi connectivity index (χ1v) is 7.32. The first-order chi connectivity index (χ1) is 8.32. The molecule has 0 aromatic carbocycles. The van der Waals surface area contributed by atoms with Gasteiger partial charge in [0, 0.05) is 0 Å². The highest BCUT2D eigenvalue weighted by atomic mass is 32.2. The van der Waals surface area contributed by atoms with Crippen LogP contribution in [-0.4, -0.2) is 30.6 Å². The zero-order chi connectivity index (χ0) is 13.6. The van der Waals surface area contributed by atoms with Crippen LogP contribution in [0, 0.1) is 11.8 Å². The van der Waals surface area contributed by atoms with E-state index in [4.69, 9.17) is 5.73 Å². The Morgan fingerprint density at radius 3 is 2.78 bits per heavy atom. The molecule has 1 fully saturated rings. The van der Waals surface area contributed by atoms with Crippen LogP contribution in [0.4, 0.5) is 5.13 Å². The molecule has 96 valence electrons. The predicted molar refractivity (Wildman–Crippen MR) is 68.5 cm³/mol. The minimum Gasteiger partial charge on any atom is -0.320 e. The Morgan fingerprint density at radius 1 is 1.56 bits per heavy atom. The van der Waals surface area contributed by atoms with Gasteiger partial charge in [0.05, 0.1) is 17.6 Å². The fourth-order valence-electron chi connectivity index (χ4n) is 1.40. The molecule has 0 bridgehead atoms. The van der Waals surface area contributed by atoms with E-state index in [1.807, 2.05) is 0 Å². The first kappa shape index (κ1) is 13.0. The molecule has 0 unspecified atom stereocenters. The summed E-state index contributed by atoms with van der Waals surface area (Å²) in [6, 6.07) is 0. The van der Waals surface area contributed by atoms with Gasteiger partial charge in [-0.1, -0.05) is 23.2 Å². The lowest BCUT2D eigenvalue weighted by Gasteiger charge is -2.41. The fourth-order valence-corrected chi connectivity index (χ4v) is 3.84. The van der Waals surface area contributed by atoms with Crippen LogP contribution < -0.4 is 10.0 Å². The lowest BCUT2D eigenvalue weighted by Crippen LogP contribution is -2.67. The van der Waals surface area contributed by atoms with Gasteiger partial charge < -0.3 is 5.73 Å². The molecule has 1 aliphatic rings. The minimum absolute atomic E-state index is 0.126. The van der Waals surface area contributed by atoms with Gasteiger partial charge in [-0.2, -0.15) is 4.31 Å². The fraction of sp³-hybridized carbons (Fsp3) is 0.400. The third kappa shape index (κ3) is 1.63. The van der Waals surface area contributed by atoms with Crippen molar-refractivity contribution in [1.29, 1.82) is 0 Å². The molecule has 0 aliphatic carbocycles. The predicted octanol–water partition coefficient (Wildman–Crippen LogP) is -0.0917. The van der Waals surface area contributed by atoms with E-state index in [0.717, 1.165) is 15.6 Å². The van der Waals surface area contributed by atoms with Crippen molar-refractivity contribution in [3.63, 3.8) is 0 Å². The number of aromatic nitrogens is 1. The van der Waals surface area contributed by atoms with E-state index in [1.54, 1.807) is 0 Å². The number of hydrogen-bond acceptors (Lipinski definition) is 6. The van der Waals surface area contributed by atoms with Crippen LogP contribution in [-0.2, 0) is 14.8 Å². The van der Waals surface area contributed by atoms with Crippen LogP contribution >= 0.6 is 11.3 Å². The molecule has 0 radical (unpaired) electrons. The molecule has 2 heterocycles.